The standard InChI is InChI=1S/C28H32N2/c29-28-21-24-15-9-3-1-2-4-10-18-25(24)26-19-11-16-22-13-7-5-6-8-14-23(22)17-12-20-27(26)30-28/h5-8,11-14,16-17,19-20H,1-4,9-10,15,18,21H2,(H2,29,30)/b6-5-,7-5?,8-6?,13-7-,14-8+,16-11?,17-12?,19-11?,20-12?,22-13?,22-16?,23-14?,23-17?,23-22?,26-19?,27-20?. The summed E-state index contributed by atoms with van der Waals surface area (Å²) < 4.78 is 0. The molecule has 2 heteroatoms. The smallest absolute Gasteiger partial charge is 0.104 e. The van der Waals surface area contributed by atoms with E-state index in [1.807, 2.05) is 0 Å². The number of hydrogen-bond donors (Lipinski definition) is 1. The van der Waals surface area contributed by atoms with E-state index < -0.39 is 0 Å². The molecule has 0 spiro atoms. The van der Waals surface area contributed by atoms with Gasteiger partial charge in [-0.1, -0.05) is 98.0 Å². The first kappa shape index (κ1) is 20.4. The van der Waals surface area contributed by atoms with Crippen LogP contribution in [0.3, 0.4) is 0 Å². The summed E-state index contributed by atoms with van der Waals surface area (Å²) in [7, 11) is 0. The van der Waals surface area contributed by atoms with Gasteiger partial charge in [0.1, 0.15) is 5.84 Å². The summed E-state index contributed by atoms with van der Waals surface area (Å²) >= 11 is 0. The van der Waals surface area contributed by atoms with E-state index >= 15 is 0 Å². The van der Waals surface area contributed by atoms with Gasteiger partial charge in [0.15, 0.2) is 0 Å². The van der Waals surface area contributed by atoms with E-state index in [0.717, 1.165) is 30.8 Å². The highest BCUT2D eigenvalue weighted by atomic mass is 14.9. The van der Waals surface area contributed by atoms with Crippen molar-refractivity contribution in [2.75, 3.05) is 0 Å². The molecule has 3 aliphatic rings. The Morgan fingerprint density at radius 1 is 0.667 bits per heavy atom. The first-order valence-electron chi connectivity index (χ1n) is 11.4. The van der Waals surface area contributed by atoms with Crippen molar-refractivity contribution in [2.45, 2.75) is 57.8 Å². The minimum absolute atomic E-state index is 0.738. The molecule has 0 aromatic heterocycles. The topological polar surface area (TPSA) is 38.4 Å². The molecular weight excluding hydrogens is 364 g/mol. The van der Waals surface area contributed by atoms with Gasteiger partial charge >= 0.3 is 0 Å². The highest BCUT2D eigenvalue weighted by Gasteiger charge is 2.17. The lowest BCUT2D eigenvalue weighted by Gasteiger charge is -2.16. The predicted octanol–water partition coefficient (Wildman–Crippen LogP) is 7.69. The molecular formula is C28H32N2. The molecule has 1 aromatic rings. The van der Waals surface area contributed by atoms with Gasteiger partial charge < -0.3 is 5.73 Å². The monoisotopic (exact) mass is 396 g/mol. The normalized spacial score (nSPS) is 21.8. The zero-order chi connectivity index (χ0) is 20.6. The van der Waals surface area contributed by atoms with Gasteiger partial charge in [0.25, 0.3) is 0 Å². The Morgan fingerprint density at radius 2 is 1.30 bits per heavy atom. The molecule has 0 bridgehead atoms. The minimum Gasteiger partial charge on any atom is -0.387 e. The zero-order valence-corrected chi connectivity index (χ0v) is 17.8. The fourth-order valence-corrected chi connectivity index (χ4v) is 4.57. The lowest BCUT2D eigenvalue weighted by Crippen LogP contribution is -2.11. The van der Waals surface area contributed by atoms with Crippen LogP contribution in [0.5, 0.6) is 0 Å². The van der Waals surface area contributed by atoms with Crippen LogP contribution in [0.2, 0.25) is 0 Å². The molecule has 30 heavy (non-hydrogen) atoms. The number of nitrogens with two attached hydrogens (primary N) is 1. The molecule has 154 valence electrons. The van der Waals surface area contributed by atoms with E-state index in [1.165, 1.54) is 66.4 Å². The molecule has 0 atom stereocenters. The second kappa shape index (κ2) is 10.2. The molecule has 0 fully saturated rings. The van der Waals surface area contributed by atoms with E-state index in [-0.39, 0.29) is 0 Å². The van der Waals surface area contributed by atoms with Crippen LogP contribution in [0, 0.1) is 0 Å². The van der Waals surface area contributed by atoms with Gasteiger partial charge in [0, 0.05) is 12.0 Å². The van der Waals surface area contributed by atoms with Crippen molar-refractivity contribution in [3.05, 3.63) is 83.0 Å². The number of nitrogens with zero attached hydrogens (tertiary/aromatic N) is 1. The Hall–Kier alpha value is -2.87. The molecule has 1 aliphatic heterocycles. The maximum Gasteiger partial charge on any atom is 0.104 e. The number of allylic oxidation sites excluding steroid dienone is 5. The van der Waals surface area contributed by atoms with Crippen LogP contribution >= 0.6 is 0 Å². The first-order chi connectivity index (χ1) is 14.8. The van der Waals surface area contributed by atoms with Crippen molar-refractivity contribution in [2.24, 2.45) is 10.7 Å². The largest absolute Gasteiger partial charge is 0.387 e. The lowest BCUT2D eigenvalue weighted by atomic mass is 9.89. The van der Waals surface area contributed by atoms with E-state index in [4.69, 9.17) is 10.7 Å². The molecule has 4 rings (SSSR count). The Balaban J connectivity index is 1.87. The summed E-state index contributed by atoms with van der Waals surface area (Å²) in [5, 5.41) is 0. The summed E-state index contributed by atoms with van der Waals surface area (Å²) in [5.74, 6) is 0.738. The van der Waals surface area contributed by atoms with Crippen molar-refractivity contribution in [3.63, 3.8) is 0 Å². The van der Waals surface area contributed by atoms with Crippen LogP contribution in [0.1, 0.15) is 74.5 Å². The molecule has 1 aromatic carbocycles. The summed E-state index contributed by atoms with van der Waals surface area (Å²) in [5.41, 5.74) is 14.0. The third-order valence-electron chi connectivity index (χ3n) is 6.13. The molecule has 1 heterocycles. The Bertz CT molecular complexity index is 988. The fraction of sp³-hybridized carbons (Fsp3) is 0.321. The summed E-state index contributed by atoms with van der Waals surface area (Å²) in [4.78, 5) is 4.84. The van der Waals surface area contributed by atoms with Crippen molar-refractivity contribution < 1.29 is 0 Å². The van der Waals surface area contributed by atoms with Gasteiger partial charge in [-0.25, -0.2) is 4.99 Å². The van der Waals surface area contributed by atoms with Gasteiger partial charge in [-0.15, -0.1) is 0 Å². The summed E-state index contributed by atoms with van der Waals surface area (Å²) in [6, 6.07) is 13.0. The van der Waals surface area contributed by atoms with Crippen molar-refractivity contribution in [1.82, 2.24) is 0 Å². The summed E-state index contributed by atoms with van der Waals surface area (Å²) in [6.45, 7) is 0. The molecule has 2 aliphatic carbocycles. The quantitative estimate of drug-likeness (QED) is 0.479. The number of amidine groups is 1. The van der Waals surface area contributed by atoms with Gasteiger partial charge in [0.2, 0.25) is 0 Å². The third-order valence-corrected chi connectivity index (χ3v) is 6.13. The highest BCUT2D eigenvalue weighted by Crippen LogP contribution is 2.37. The third kappa shape index (κ3) is 5.18. The first-order valence-corrected chi connectivity index (χ1v) is 11.4. The molecule has 0 radical (unpaired) electrons. The summed E-state index contributed by atoms with van der Waals surface area (Å²) in [6.07, 6.45) is 23.5. The number of hydrogen-bond acceptors (Lipinski definition) is 2. The predicted molar refractivity (Wildman–Crippen MR) is 131 cm³/mol. The van der Waals surface area contributed by atoms with E-state index in [0.29, 0.717) is 0 Å². The molecule has 2 nitrogen and oxygen atoms in total. The fourth-order valence-electron chi connectivity index (χ4n) is 4.57. The van der Waals surface area contributed by atoms with Crippen LogP contribution in [-0.2, 0) is 0 Å². The molecule has 0 saturated heterocycles. The maximum atomic E-state index is 6.38. The number of aliphatic imine (C=N–C) groups is 1. The Labute approximate surface area is 181 Å². The second-order valence-electron chi connectivity index (χ2n) is 8.35. The average Bonchev–Trinajstić information content (AvgIpc) is 2.84. The van der Waals surface area contributed by atoms with Gasteiger partial charge in [-0.2, -0.15) is 0 Å². The average molecular weight is 397 g/mol. The van der Waals surface area contributed by atoms with Crippen LogP contribution in [-0.4, -0.2) is 5.84 Å². The Morgan fingerprint density at radius 3 is 2.03 bits per heavy atom. The van der Waals surface area contributed by atoms with Gasteiger partial charge in [-0.3, -0.25) is 0 Å². The minimum atomic E-state index is 0.738. The lowest BCUT2D eigenvalue weighted by molar-refractivity contribution is 0.588. The number of rotatable bonds is 0. The van der Waals surface area contributed by atoms with Gasteiger partial charge in [-0.05, 0) is 48.4 Å². The van der Waals surface area contributed by atoms with Crippen LogP contribution in [0.4, 0.5) is 5.69 Å². The van der Waals surface area contributed by atoms with Crippen molar-refractivity contribution in [1.29, 1.82) is 0 Å². The van der Waals surface area contributed by atoms with Crippen molar-refractivity contribution in [3.8, 4) is 0 Å². The van der Waals surface area contributed by atoms with E-state index in [2.05, 4.69) is 72.9 Å². The second-order valence-corrected chi connectivity index (χ2v) is 8.35. The zero-order valence-electron chi connectivity index (χ0n) is 17.8. The number of fused-ring (bicyclic) bond motifs is 3. The maximum absolute atomic E-state index is 6.38. The van der Waals surface area contributed by atoms with Crippen LogP contribution < -0.4 is 5.73 Å². The van der Waals surface area contributed by atoms with Gasteiger partial charge in [0.05, 0.1) is 5.69 Å². The molecule has 0 amide bonds. The van der Waals surface area contributed by atoms with E-state index in [9.17, 15) is 0 Å². The molecule has 0 saturated carbocycles. The SMILES string of the molecule is NC1=Nc2cccc3c(cccc2C2=C(CCCCCCCC2)C1)\C=C/C=C\C=C\3. The van der Waals surface area contributed by atoms with Crippen LogP contribution in [0.25, 0.3) is 17.7 Å². The Kier molecular flexibility index (Phi) is 6.97. The van der Waals surface area contributed by atoms with Crippen LogP contribution in [0.15, 0.2) is 71.3 Å². The molecule has 2 N–H and O–H groups in total. The van der Waals surface area contributed by atoms with Crippen molar-refractivity contribution >= 4 is 29.2 Å². The van der Waals surface area contributed by atoms with E-state index in [1.54, 1.807) is 0 Å². The highest BCUT2D eigenvalue weighted by molar-refractivity contribution is 5.92. The molecule has 0 unspecified atom stereocenters.